The van der Waals surface area contributed by atoms with Crippen molar-refractivity contribution >= 4 is 0 Å². The van der Waals surface area contributed by atoms with Gasteiger partial charge in [0.05, 0.1) is 12.5 Å². The summed E-state index contributed by atoms with van der Waals surface area (Å²) in [7, 11) is 0. The van der Waals surface area contributed by atoms with Crippen LogP contribution in [0.2, 0.25) is 0 Å². The van der Waals surface area contributed by atoms with Crippen molar-refractivity contribution in [3.8, 4) is 0 Å². The molecule has 0 saturated heterocycles. The molecule has 0 aliphatic heterocycles. The van der Waals surface area contributed by atoms with Crippen LogP contribution in [0.4, 0.5) is 0 Å². The standard InChI is InChI=1S/C12H19NO/c1-10-4-2-3-6-12(10,13)8-11-5-7-14-9-11/h5,7,9-10H,2-4,6,8,13H2,1H3. The average molecular weight is 193 g/mol. The second kappa shape index (κ2) is 3.77. The van der Waals surface area contributed by atoms with E-state index in [2.05, 4.69) is 6.92 Å². The van der Waals surface area contributed by atoms with Crippen molar-refractivity contribution in [3.63, 3.8) is 0 Å². The topological polar surface area (TPSA) is 39.2 Å². The summed E-state index contributed by atoms with van der Waals surface area (Å²) in [6, 6.07) is 2.02. The molecule has 1 aromatic heterocycles. The molecule has 14 heavy (non-hydrogen) atoms. The van der Waals surface area contributed by atoms with E-state index in [0.29, 0.717) is 5.92 Å². The zero-order valence-corrected chi connectivity index (χ0v) is 8.83. The van der Waals surface area contributed by atoms with E-state index in [4.69, 9.17) is 10.2 Å². The van der Waals surface area contributed by atoms with Crippen LogP contribution in [-0.4, -0.2) is 5.54 Å². The number of hydrogen-bond acceptors (Lipinski definition) is 2. The highest BCUT2D eigenvalue weighted by Gasteiger charge is 2.34. The fraction of sp³-hybridized carbons (Fsp3) is 0.667. The summed E-state index contributed by atoms with van der Waals surface area (Å²) in [5.74, 6) is 0.631. The van der Waals surface area contributed by atoms with Gasteiger partial charge >= 0.3 is 0 Å². The van der Waals surface area contributed by atoms with Crippen LogP contribution in [0, 0.1) is 5.92 Å². The Labute approximate surface area is 85.5 Å². The Kier molecular flexibility index (Phi) is 2.64. The monoisotopic (exact) mass is 193 g/mol. The summed E-state index contributed by atoms with van der Waals surface area (Å²) in [6.45, 7) is 2.28. The molecule has 0 spiro atoms. The molecule has 2 nitrogen and oxygen atoms in total. The van der Waals surface area contributed by atoms with Crippen LogP contribution in [0.5, 0.6) is 0 Å². The Hall–Kier alpha value is -0.760. The van der Waals surface area contributed by atoms with E-state index in [1.807, 2.05) is 12.3 Å². The van der Waals surface area contributed by atoms with Gasteiger partial charge in [-0.05, 0) is 36.8 Å². The zero-order chi connectivity index (χ0) is 10.0. The van der Waals surface area contributed by atoms with Crippen LogP contribution < -0.4 is 5.73 Å². The first kappa shape index (κ1) is 9.78. The Morgan fingerprint density at radius 2 is 2.43 bits per heavy atom. The first-order chi connectivity index (χ1) is 6.71. The van der Waals surface area contributed by atoms with Gasteiger partial charge in [0.15, 0.2) is 0 Å². The van der Waals surface area contributed by atoms with Crippen molar-refractivity contribution < 1.29 is 4.42 Å². The lowest BCUT2D eigenvalue weighted by atomic mass is 9.71. The fourth-order valence-electron chi connectivity index (χ4n) is 2.47. The molecular weight excluding hydrogens is 174 g/mol. The SMILES string of the molecule is CC1CCCCC1(N)Cc1ccoc1. The predicted octanol–water partition coefficient (Wildman–Crippen LogP) is 2.73. The van der Waals surface area contributed by atoms with Crippen LogP contribution in [0.3, 0.4) is 0 Å². The minimum Gasteiger partial charge on any atom is -0.472 e. The molecule has 2 rings (SSSR count). The maximum atomic E-state index is 6.45. The largest absolute Gasteiger partial charge is 0.472 e. The van der Waals surface area contributed by atoms with Gasteiger partial charge in [-0.2, -0.15) is 0 Å². The molecule has 2 atom stereocenters. The number of hydrogen-bond donors (Lipinski definition) is 1. The summed E-state index contributed by atoms with van der Waals surface area (Å²) in [4.78, 5) is 0. The van der Waals surface area contributed by atoms with E-state index in [1.54, 1.807) is 6.26 Å². The van der Waals surface area contributed by atoms with Crippen molar-refractivity contribution in [1.29, 1.82) is 0 Å². The minimum atomic E-state index is 0.00211. The molecular formula is C12H19NO. The van der Waals surface area contributed by atoms with Gasteiger partial charge in [0.1, 0.15) is 0 Å². The molecule has 2 N–H and O–H groups in total. The Morgan fingerprint density at radius 1 is 1.57 bits per heavy atom. The van der Waals surface area contributed by atoms with Gasteiger partial charge in [0.2, 0.25) is 0 Å². The second-order valence-electron chi connectivity index (χ2n) is 4.69. The molecule has 0 bridgehead atoms. The smallest absolute Gasteiger partial charge is 0.0935 e. The molecule has 2 heteroatoms. The van der Waals surface area contributed by atoms with Crippen molar-refractivity contribution in [2.45, 2.75) is 44.6 Å². The number of furan rings is 1. The van der Waals surface area contributed by atoms with Crippen molar-refractivity contribution in [3.05, 3.63) is 24.2 Å². The van der Waals surface area contributed by atoms with Gasteiger partial charge in [0.25, 0.3) is 0 Å². The number of nitrogens with two attached hydrogens (primary N) is 1. The zero-order valence-electron chi connectivity index (χ0n) is 8.83. The quantitative estimate of drug-likeness (QED) is 0.784. The molecule has 1 heterocycles. The van der Waals surface area contributed by atoms with Crippen molar-refractivity contribution in [2.24, 2.45) is 11.7 Å². The third kappa shape index (κ3) is 1.85. The Bertz CT molecular complexity index is 281. The van der Waals surface area contributed by atoms with Crippen LogP contribution in [0.1, 0.15) is 38.2 Å². The Morgan fingerprint density at radius 3 is 3.07 bits per heavy atom. The highest BCUT2D eigenvalue weighted by molar-refractivity contribution is 5.12. The molecule has 78 valence electrons. The van der Waals surface area contributed by atoms with E-state index in [0.717, 1.165) is 12.8 Å². The van der Waals surface area contributed by atoms with E-state index < -0.39 is 0 Å². The van der Waals surface area contributed by atoms with Crippen LogP contribution >= 0.6 is 0 Å². The normalized spacial score (nSPS) is 33.1. The summed E-state index contributed by atoms with van der Waals surface area (Å²) < 4.78 is 5.08. The summed E-state index contributed by atoms with van der Waals surface area (Å²) >= 11 is 0. The lowest BCUT2D eigenvalue weighted by Gasteiger charge is -2.39. The van der Waals surface area contributed by atoms with E-state index >= 15 is 0 Å². The van der Waals surface area contributed by atoms with Gasteiger partial charge in [-0.15, -0.1) is 0 Å². The highest BCUT2D eigenvalue weighted by Crippen LogP contribution is 2.34. The maximum Gasteiger partial charge on any atom is 0.0935 e. The molecule has 1 fully saturated rings. The van der Waals surface area contributed by atoms with E-state index in [9.17, 15) is 0 Å². The molecule has 1 aliphatic carbocycles. The van der Waals surface area contributed by atoms with Crippen molar-refractivity contribution in [2.75, 3.05) is 0 Å². The van der Waals surface area contributed by atoms with Crippen molar-refractivity contribution in [1.82, 2.24) is 0 Å². The van der Waals surface area contributed by atoms with Gasteiger partial charge in [-0.25, -0.2) is 0 Å². The van der Waals surface area contributed by atoms with Crippen LogP contribution in [0.25, 0.3) is 0 Å². The van der Waals surface area contributed by atoms with Crippen LogP contribution in [-0.2, 0) is 6.42 Å². The molecule has 0 aromatic carbocycles. The molecule has 1 aliphatic rings. The van der Waals surface area contributed by atoms with Gasteiger partial charge in [-0.3, -0.25) is 0 Å². The lowest BCUT2D eigenvalue weighted by Crippen LogP contribution is -2.49. The molecule has 2 unspecified atom stereocenters. The molecule has 1 aromatic rings. The van der Waals surface area contributed by atoms with Crippen LogP contribution in [0.15, 0.2) is 23.0 Å². The van der Waals surface area contributed by atoms with Gasteiger partial charge < -0.3 is 10.2 Å². The summed E-state index contributed by atoms with van der Waals surface area (Å²) in [5.41, 5.74) is 7.69. The Balaban J connectivity index is 2.07. The molecule has 0 radical (unpaired) electrons. The van der Waals surface area contributed by atoms with Gasteiger partial charge in [0, 0.05) is 5.54 Å². The number of rotatable bonds is 2. The average Bonchev–Trinajstić information content (AvgIpc) is 2.63. The first-order valence-corrected chi connectivity index (χ1v) is 5.51. The lowest BCUT2D eigenvalue weighted by molar-refractivity contribution is 0.203. The van der Waals surface area contributed by atoms with Gasteiger partial charge in [-0.1, -0.05) is 19.8 Å². The fourth-order valence-corrected chi connectivity index (χ4v) is 2.47. The third-order valence-corrected chi connectivity index (χ3v) is 3.62. The predicted molar refractivity (Wildman–Crippen MR) is 57.0 cm³/mol. The molecule has 1 saturated carbocycles. The molecule has 0 amide bonds. The van der Waals surface area contributed by atoms with E-state index in [1.165, 1.54) is 24.8 Å². The summed E-state index contributed by atoms with van der Waals surface area (Å²) in [6.07, 6.45) is 9.55. The summed E-state index contributed by atoms with van der Waals surface area (Å²) in [5, 5.41) is 0. The second-order valence-corrected chi connectivity index (χ2v) is 4.69. The highest BCUT2D eigenvalue weighted by atomic mass is 16.3. The third-order valence-electron chi connectivity index (χ3n) is 3.62. The maximum absolute atomic E-state index is 6.45. The van der Waals surface area contributed by atoms with E-state index in [-0.39, 0.29) is 5.54 Å². The minimum absolute atomic E-state index is 0.00211. The first-order valence-electron chi connectivity index (χ1n) is 5.51.